The second-order valence-corrected chi connectivity index (χ2v) is 10.5. The summed E-state index contributed by atoms with van der Waals surface area (Å²) >= 11 is 0. The molecule has 0 bridgehead atoms. The van der Waals surface area contributed by atoms with Gasteiger partial charge < -0.3 is 18.8 Å². The Kier molecular flexibility index (Phi) is 7.34. The van der Waals surface area contributed by atoms with Crippen LogP contribution in [0.5, 0.6) is 5.88 Å². The van der Waals surface area contributed by atoms with Crippen LogP contribution in [0.2, 0.25) is 0 Å². The Morgan fingerprint density at radius 2 is 1.87 bits per heavy atom. The first-order valence-electron chi connectivity index (χ1n) is 13.7. The first kappa shape index (κ1) is 25.6. The third-order valence-corrected chi connectivity index (χ3v) is 7.83. The van der Waals surface area contributed by atoms with Gasteiger partial charge in [0.15, 0.2) is 0 Å². The van der Waals surface area contributed by atoms with Crippen LogP contribution in [0.1, 0.15) is 52.7 Å². The molecule has 1 atom stereocenters. The van der Waals surface area contributed by atoms with E-state index in [1.54, 1.807) is 6.07 Å². The molecule has 2 aromatic carbocycles. The summed E-state index contributed by atoms with van der Waals surface area (Å²) in [5.41, 5.74) is 4.64. The molecule has 1 unspecified atom stereocenters. The Balaban J connectivity index is 1.12. The van der Waals surface area contributed by atoms with Gasteiger partial charge in [-0.1, -0.05) is 30.3 Å². The number of aromatic nitrogens is 4. The van der Waals surface area contributed by atoms with E-state index in [4.69, 9.17) is 24.3 Å². The number of hydrogen-bond donors (Lipinski definition) is 0. The lowest BCUT2D eigenvalue weighted by atomic mass is 10.0. The average molecular weight is 530 g/mol. The number of carbonyl (C=O) groups is 1. The molecule has 6 rings (SSSR count). The molecular formula is C30H35N5O4. The quantitative estimate of drug-likeness (QED) is 0.295. The summed E-state index contributed by atoms with van der Waals surface area (Å²) in [6.07, 6.45) is 3.26. The summed E-state index contributed by atoms with van der Waals surface area (Å²) < 4.78 is 21.0. The van der Waals surface area contributed by atoms with E-state index in [1.807, 2.05) is 36.4 Å². The van der Waals surface area contributed by atoms with Crippen molar-refractivity contribution in [3.05, 3.63) is 77.2 Å². The number of nitrogens with zero attached hydrogens (tertiary/aromatic N) is 5. The van der Waals surface area contributed by atoms with Crippen molar-refractivity contribution >= 4 is 17.0 Å². The fraction of sp³-hybridized carbons (Fsp3) is 0.433. The number of benzene rings is 2. The summed E-state index contributed by atoms with van der Waals surface area (Å²) in [6.45, 7) is 6.84. The van der Waals surface area contributed by atoms with Crippen molar-refractivity contribution in [2.75, 3.05) is 26.8 Å². The zero-order chi connectivity index (χ0) is 26.8. The predicted molar refractivity (Wildman–Crippen MR) is 147 cm³/mol. The minimum absolute atomic E-state index is 0.190. The first-order chi connectivity index (χ1) is 19.1. The molecule has 4 heterocycles. The minimum atomic E-state index is -0.337. The molecule has 2 aromatic heterocycles. The molecule has 0 spiro atoms. The summed E-state index contributed by atoms with van der Waals surface area (Å²) in [5.74, 6) is 1.35. The lowest BCUT2D eigenvalue weighted by Crippen LogP contribution is -2.36. The van der Waals surface area contributed by atoms with Gasteiger partial charge >= 0.3 is 5.97 Å². The number of aryl methyl sites for hydroxylation is 1. The number of rotatable bonds is 9. The molecular weight excluding hydrogens is 494 g/mol. The third-order valence-electron chi connectivity index (χ3n) is 7.83. The molecule has 204 valence electrons. The van der Waals surface area contributed by atoms with Crippen LogP contribution in [0, 0.1) is 6.92 Å². The summed E-state index contributed by atoms with van der Waals surface area (Å²) in [7, 11) is 1.41. The van der Waals surface area contributed by atoms with Crippen LogP contribution in [0.25, 0.3) is 11.0 Å². The largest absolute Gasteiger partial charge is 0.472 e. The SMILES string of the molecule is COC(=O)c1ccc2nc(CN3CCC(n4nc(OCc5ccccc5)cc4C)CC3)n(CC3CCO3)c2c1. The zero-order valence-electron chi connectivity index (χ0n) is 22.6. The Labute approximate surface area is 228 Å². The van der Waals surface area contributed by atoms with E-state index in [0.29, 0.717) is 24.1 Å². The smallest absolute Gasteiger partial charge is 0.337 e. The van der Waals surface area contributed by atoms with Crippen LogP contribution >= 0.6 is 0 Å². The molecule has 0 saturated carbocycles. The molecule has 9 nitrogen and oxygen atoms in total. The van der Waals surface area contributed by atoms with Crippen LogP contribution in [-0.2, 0) is 29.2 Å². The Hall–Kier alpha value is -3.69. The molecule has 2 fully saturated rings. The molecule has 0 radical (unpaired) electrons. The van der Waals surface area contributed by atoms with Gasteiger partial charge in [-0.25, -0.2) is 9.78 Å². The second-order valence-electron chi connectivity index (χ2n) is 10.5. The Morgan fingerprint density at radius 1 is 1.08 bits per heavy atom. The van der Waals surface area contributed by atoms with Crippen molar-refractivity contribution in [3.8, 4) is 5.88 Å². The van der Waals surface area contributed by atoms with Gasteiger partial charge in [-0.05, 0) is 49.9 Å². The van der Waals surface area contributed by atoms with Crippen LogP contribution < -0.4 is 4.74 Å². The van der Waals surface area contributed by atoms with Crippen molar-refractivity contribution < 1.29 is 19.0 Å². The van der Waals surface area contributed by atoms with Gasteiger partial charge in [-0.15, -0.1) is 5.10 Å². The third kappa shape index (κ3) is 5.55. The van der Waals surface area contributed by atoms with E-state index in [9.17, 15) is 4.79 Å². The highest BCUT2D eigenvalue weighted by Gasteiger charge is 2.26. The van der Waals surface area contributed by atoms with Gasteiger partial charge in [0.25, 0.3) is 0 Å². The maximum Gasteiger partial charge on any atom is 0.337 e. The number of carbonyl (C=O) groups excluding carboxylic acids is 1. The molecule has 39 heavy (non-hydrogen) atoms. The number of hydrogen-bond acceptors (Lipinski definition) is 7. The van der Waals surface area contributed by atoms with Crippen LogP contribution in [0.4, 0.5) is 0 Å². The first-order valence-corrected chi connectivity index (χ1v) is 13.7. The number of imidazole rings is 1. The van der Waals surface area contributed by atoms with Gasteiger partial charge in [0, 0.05) is 31.5 Å². The molecule has 2 saturated heterocycles. The highest BCUT2D eigenvalue weighted by Crippen LogP contribution is 2.28. The topological polar surface area (TPSA) is 83.6 Å². The normalized spacial score (nSPS) is 18.3. The van der Waals surface area contributed by atoms with Gasteiger partial charge in [0.05, 0.1) is 48.9 Å². The summed E-state index contributed by atoms with van der Waals surface area (Å²) in [4.78, 5) is 19.6. The summed E-state index contributed by atoms with van der Waals surface area (Å²) in [5, 5.41) is 4.79. The van der Waals surface area contributed by atoms with Crippen molar-refractivity contribution in [1.82, 2.24) is 24.2 Å². The molecule has 2 aliphatic rings. The second kappa shape index (κ2) is 11.2. The number of ether oxygens (including phenoxy) is 3. The number of piperidine rings is 1. The fourth-order valence-electron chi connectivity index (χ4n) is 5.53. The number of methoxy groups -OCH3 is 1. The van der Waals surface area contributed by atoms with Crippen LogP contribution in [-0.4, -0.2) is 63.1 Å². The van der Waals surface area contributed by atoms with E-state index in [-0.39, 0.29) is 12.1 Å². The van der Waals surface area contributed by atoms with Crippen molar-refractivity contribution in [3.63, 3.8) is 0 Å². The maximum atomic E-state index is 12.2. The standard InChI is InChI=1S/C30H35N5O4/c1-21-16-29(39-20-22-6-4-3-5-7-22)32-35(21)24-10-13-33(14-11-24)19-28-31-26-9-8-23(30(36)37-2)17-27(26)34(28)18-25-12-15-38-25/h3-9,16-17,24-25H,10-15,18-20H2,1-2H3. The van der Waals surface area contributed by atoms with E-state index in [2.05, 4.69) is 33.2 Å². The van der Waals surface area contributed by atoms with Crippen LogP contribution in [0.15, 0.2) is 54.6 Å². The molecule has 9 heteroatoms. The molecule has 0 N–H and O–H groups in total. The van der Waals surface area contributed by atoms with Crippen molar-refractivity contribution in [2.45, 2.75) is 58.0 Å². The Bertz CT molecular complexity index is 1430. The molecule has 0 amide bonds. The highest BCUT2D eigenvalue weighted by molar-refractivity contribution is 5.93. The van der Waals surface area contributed by atoms with E-state index < -0.39 is 0 Å². The number of fused-ring (bicyclic) bond motifs is 1. The van der Waals surface area contributed by atoms with Gasteiger partial charge in [-0.3, -0.25) is 9.58 Å². The lowest BCUT2D eigenvalue weighted by molar-refractivity contribution is -0.0592. The van der Waals surface area contributed by atoms with E-state index in [1.165, 1.54) is 7.11 Å². The monoisotopic (exact) mass is 529 g/mol. The van der Waals surface area contributed by atoms with Crippen molar-refractivity contribution in [1.29, 1.82) is 0 Å². The van der Waals surface area contributed by atoms with Crippen molar-refractivity contribution in [2.24, 2.45) is 0 Å². The van der Waals surface area contributed by atoms with Gasteiger partial charge in [-0.2, -0.15) is 0 Å². The fourth-order valence-corrected chi connectivity index (χ4v) is 5.53. The van der Waals surface area contributed by atoms with Crippen LogP contribution in [0.3, 0.4) is 0 Å². The molecule has 0 aliphatic carbocycles. The highest BCUT2D eigenvalue weighted by atomic mass is 16.5. The van der Waals surface area contributed by atoms with E-state index in [0.717, 1.165) is 80.2 Å². The predicted octanol–water partition coefficient (Wildman–Crippen LogP) is 4.53. The molecule has 4 aromatic rings. The van der Waals surface area contributed by atoms with E-state index >= 15 is 0 Å². The maximum absolute atomic E-state index is 12.2. The average Bonchev–Trinajstić information content (AvgIpc) is 3.48. The zero-order valence-corrected chi connectivity index (χ0v) is 22.6. The number of likely N-dealkylation sites (tertiary alicyclic amines) is 1. The lowest BCUT2D eigenvalue weighted by Gasteiger charge is -2.33. The molecule has 2 aliphatic heterocycles. The van der Waals surface area contributed by atoms with Gasteiger partial charge in [0.1, 0.15) is 12.4 Å². The summed E-state index contributed by atoms with van der Waals surface area (Å²) in [6, 6.07) is 18.1. The number of esters is 1. The Morgan fingerprint density at radius 3 is 2.59 bits per heavy atom. The van der Waals surface area contributed by atoms with Gasteiger partial charge in [0.2, 0.25) is 5.88 Å². The minimum Gasteiger partial charge on any atom is -0.472 e.